The number of carbonyl (C=O) groups is 2. The van der Waals surface area contributed by atoms with E-state index in [1.807, 2.05) is 93.5 Å². The average molecular weight is 699 g/mol. The summed E-state index contributed by atoms with van der Waals surface area (Å²) in [5.74, 6) is -0.661. The number of benzene rings is 2. The van der Waals surface area contributed by atoms with Crippen molar-refractivity contribution in [3.05, 3.63) is 107 Å². The molecule has 268 valence electrons. The van der Waals surface area contributed by atoms with E-state index < -0.39 is 11.2 Å². The quantitative estimate of drug-likeness (QED) is 0.168. The SMILES string of the molecule is CC(C)(C)OC(=O)c1ccnc2ccc(-n3cc4c(n3)CCCC4)cc12.CC(C)(C)OC(=O)c1ccnc2ccc(-n3ncc4c3CCCC4)cc12. The highest BCUT2D eigenvalue weighted by Gasteiger charge is 2.23. The van der Waals surface area contributed by atoms with Gasteiger partial charge in [0.25, 0.3) is 0 Å². The number of pyridine rings is 2. The van der Waals surface area contributed by atoms with Crippen molar-refractivity contribution in [2.24, 2.45) is 0 Å². The monoisotopic (exact) mass is 698 g/mol. The van der Waals surface area contributed by atoms with Crippen LogP contribution < -0.4 is 0 Å². The van der Waals surface area contributed by atoms with Crippen LogP contribution in [-0.4, -0.2) is 52.7 Å². The standard InChI is InChI=1S/2C21H23N3O2/c1-21(2,3)26-20(25)16-10-11-22-18-9-8-15(12-17(16)18)24-19-7-5-4-6-14(19)13-23-24;1-21(2,3)26-20(25)16-10-11-22-19-9-8-15(12-17(16)19)24-13-14-6-4-5-7-18(14)23-24/h2*8-13H,4-7H2,1-3H3. The molecule has 2 aliphatic carbocycles. The van der Waals surface area contributed by atoms with Gasteiger partial charge in [0.05, 0.1) is 45.4 Å². The third-order valence-corrected chi connectivity index (χ3v) is 9.25. The summed E-state index contributed by atoms with van der Waals surface area (Å²) in [6, 6.07) is 15.3. The summed E-state index contributed by atoms with van der Waals surface area (Å²) >= 11 is 0. The molecule has 0 saturated heterocycles. The maximum absolute atomic E-state index is 12.6. The van der Waals surface area contributed by atoms with Crippen molar-refractivity contribution in [3.8, 4) is 11.4 Å². The zero-order valence-corrected chi connectivity index (χ0v) is 30.9. The normalized spacial score (nSPS) is 14.3. The fraction of sp³-hybridized carbons (Fsp3) is 0.381. The number of aromatic nitrogens is 6. The lowest BCUT2D eigenvalue weighted by Gasteiger charge is -2.20. The van der Waals surface area contributed by atoms with Gasteiger partial charge in [0.1, 0.15) is 11.2 Å². The van der Waals surface area contributed by atoms with Crippen LogP contribution in [0.4, 0.5) is 0 Å². The van der Waals surface area contributed by atoms with E-state index in [9.17, 15) is 9.59 Å². The molecule has 0 N–H and O–H groups in total. The average Bonchev–Trinajstić information content (AvgIpc) is 3.74. The maximum atomic E-state index is 12.6. The summed E-state index contributed by atoms with van der Waals surface area (Å²) in [7, 11) is 0. The highest BCUT2D eigenvalue weighted by atomic mass is 16.6. The molecule has 0 atom stereocenters. The number of ether oxygens (including phenoxy) is 2. The van der Waals surface area contributed by atoms with Crippen LogP contribution in [0.3, 0.4) is 0 Å². The largest absolute Gasteiger partial charge is 0.456 e. The summed E-state index contributed by atoms with van der Waals surface area (Å²) in [5.41, 5.74) is 8.56. The van der Waals surface area contributed by atoms with Crippen LogP contribution >= 0.6 is 0 Å². The van der Waals surface area contributed by atoms with Gasteiger partial charge in [0.2, 0.25) is 0 Å². The van der Waals surface area contributed by atoms with Crippen LogP contribution in [-0.2, 0) is 35.2 Å². The van der Waals surface area contributed by atoms with Gasteiger partial charge in [-0.15, -0.1) is 0 Å². The molecule has 0 radical (unpaired) electrons. The molecule has 2 aliphatic rings. The number of rotatable bonds is 4. The summed E-state index contributed by atoms with van der Waals surface area (Å²) < 4.78 is 15.0. The molecule has 0 spiro atoms. The third-order valence-electron chi connectivity index (χ3n) is 9.25. The molecule has 10 nitrogen and oxygen atoms in total. The molecular formula is C42H46N6O4. The molecule has 0 aliphatic heterocycles. The van der Waals surface area contributed by atoms with Gasteiger partial charge in [-0.1, -0.05) is 0 Å². The van der Waals surface area contributed by atoms with Crippen molar-refractivity contribution >= 4 is 33.7 Å². The molecule has 2 aromatic carbocycles. The molecule has 4 aromatic heterocycles. The minimum Gasteiger partial charge on any atom is -0.456 e. The number of carbonyl (C=O) groups excluding carboxylic acids is 2. The lowest BCUT2D eigenvalue weighted by molar-refractivity contribution is 0.00591. The molecule has 0 bridgehead atoms. The van der Waals surface area contributed by atoms with Crippen LogP contribution in [0, 0.1) is 0 Å². The van der Waals surface area contributed by atoms with Gasteiger partial charge in [-0.2, -0.15) is 10.2 Å². The molecular weight excluding hydrogens is 652 g/mol. The Morgan fingerprint density at radius 2 is 1.19 bits per heavy atom. The molecule has 52 heavy (non-hydrogen) atoms. The minimum absolute atomic E-state index is 0.329. The van der Waals surface area contributed by atoms with E-state index in [0.29, 0.717) is 11.1 Å². The number of hydrogen-bond acceptors (Lipinski definition) is 8. The second-order valence-electron chi connectivity index (χ2n) is 15.6. The van der Waals surface area contributed by atoms with E-state index in [2.05, 4.69) is 21.3 Å². The van der Waals surface area contributed by atoms with Gasteiger partial charge >= 0.3 is 11.9 Å². The van der Waals surface area contributed by atoms with E-state index in [-0.39, 0.29) is 11.9 Å². The van der Waals surface area contributed by atoms with Crippen molar-refractivity contribution in [2.75, 3.05) is 0 Å². The smallest absolute Gasteiger partial charge is 0.339 e. The van der Waals surface area contributed by atoms with Crippen molar-refractivity contribution in [3.63, 3.8) is 0 Å². The lowest BCUT2D eigenvalue weighted by atomic mass is 9.98. The van der Waals surface area contributed by atoms with Crippen LogP contribution in [0.5, 0.6) is 0 Å². The zero-order valence-electron chi connectivity index (χ0n) is 30.9. The van der Waals surface area contributed by atoms with Gasteiger partial charge in [-0.05, 0) is 153 Å². The first-order chi connectivity index (χ1) is 24.8. The van der Waals surface area contributed by atoms with Crippen LogP contribution in [0.2, 0.25) is 0 Å². The number of nitrogens with zero attached hydrogens (tertiary/aromatic N) is 6. The number of esters is 2. The Bertz CT molecular complexity index is 2260. The fourth-order valence-corrected chi connectivity index (χ4v) is 6.88. The Hall–Kier alpha value is -5.38. The molecule has 4 heterocycles. The van der Waals surface area contributed by atoms with E-state index >= 15 is 0 Å². The maximum Gasteiger partial charge on any atom is 0.339 e. The predicted molar refractivity (Wildman–Crippen MR) is 201 cm³/mol. The van der Waals surface area contributed by atoms with Crippen molar-refractivity contribution in [1.82, 2.24) is 29.5 Å². The molecule has 0 amide bonds. The van der Waals surface area contributed by atoms with Gasteiger partial charge in [0.15, 0.2) is 0 Å². The van der Waals surface area contributed by atoms with E-state index in [4.69, 9.17) is 14.6 Å². The minimum atomic E-state index is -0.536. The van der Waals surface area contributed by atoms with Gasteiger partial charge in [0, 0.05) is 35.1 Å². The second-order valence-corrected chi connectivity index (χ2v) is 15.6. The summed E-state index contributed by atoms with van der Waals surface area (Å²) in [5, 5.41) is 10.9. The molecule has 10 heteroatoms. The van der Waals surface area contributed by atoms with Gasteiger partial charge in [-0.3, -0.25) is 9.97 Å². The van der Waals surface area contributed by atoms with Crippen molar-refractivity contribution < 1.29 is 19.1 Å². The number of fused-ring (bicyclic) bond motifs is 4. The lowest BCUT2D eigenvalue weighted by Crippen LogP contribution is -2.24. The number of hydrogen-bond donors (Lipinski definition) is 0. The Balaban J connectivity index is 0.000000162. The Morgan fingerprint density at radius 3 is 1.79 bits per heavy atom. The number of aryl methyl sites for hydroxylation is 3. The van der Waals surface area contributed by atoms with Crippen LogP contribution in [0.1, 0.15) is 110 Å². The van der Waals surface area contributed by atoms with E-state index in [1.54, 1.807) is 24.5 Å². The van der Waals surface area contributed by atoms with Crippen LogP contribution in [0.25, 0.3) is 33.2 Å². The van der Waals surface area contributed by atoms with Crippen molar-refractivity contribution in [2.45, 2.75) is 104 Å². The summed E-state index contributed by atoms with van der Waals surface area (Å²) in [6.07, 6.45) is 16.5. The second kappa shape index (κ2) is 14.0. The first-order valence-electron chi connectivity index (χ1n) is 18.2. The van der Waals surface area contributed by atoms with E-state index in [1.165, 1.54) is 48.2 Å². The van der Waals surface area contributed by atoms with Crippen LogP contribution in [0.15, 0.2) is 73.3 Å². The molecule has 0 saturated carbocycles. The van der Waals surface area contributed by atoms with Crippen molar-refractivity contribution in [1.29, 1.82) is 0 Å². The van der Waals surface area contributed by atoms with E-state index in [0.717, 1.165) is 58.9 Å². The highest BCUT2D eigenvalue weighted by Crippen LogP contribution is 2.28. The molecule has 0 unspecified atom stereocenters. The Labute approximate surface area is 304 Å². The first kappa shape index (κ1) is 35.0. The predicted octanol–water partition coefficient (Wildman–Crippen LogP) is 8.51. The molecule has 8 rings (SSSR count). The van der Waals surface area contributed by atoms with Gasteiger partial charge < -0.3 is 9.47 Å². The zero-order chi connectivity index (χ0) is 36.6. The Kier molecular flexibility index (Phi) is 9.42. The first-order valence-corrected chi connectivity index (χ1v) is 18.2. The third kappa shape index (κ3) is 7.61. The van der Waals surface area contributed by atoms with Gasteiger partial charge in [-0.25, -0.2) is 19.0 Å². The summed E-state index contributed by atoms with van der Waals surface area (Å²) in [6.45, 7) is 11.2. The highest BCUT2D eigenvalue weighted by molar-refractivity contribution is 6.04. The fourth-order valence-electron chi connectivity index (χ4n) is 6.88. The molecule has 0 fully saturated rings. The summed E-state index contributed by atoms with van der Waals surface area (Å²) in [4.78, 5) is 34.0. The Morgan fingerprint density at radius 1 is 0.654 bits per heavy atom. The topological polar surface area (TPSA) is 114 Å². The molecule has 6 aromatic rings.